The molecular weight excluding hydrogens is 186 g/mol. The average Bonchev–Trinajstić information content (AvgIpc) is 2.65. The van der Waals surface area contributed by atoms with Crippen molar-refractivity contribution in [3.63, 3.8) is 0 Å². The molecule has 0 unspecified atom stereocenters. The SMILES string of the molecule is CNCCCNC(=O)c1cncs1. The first-order valence-electron chi connectivity index (χ1n) is 4.16. The lowest BCUT2D eigenvalue weighted by Crippen LogP contribution is -2.25. The van der Waals surface area contributed by atoms with Crippen LogP contribution < -0.4 is 10.6 Å². The molecule has 13 heavy (non-hydrogen) atoms. The second-order valence-electron chi connectivity index (χ2n) is 2.58. The Hall–Kier alpha value is -0.940. The molecule has 0 saturated carbocycles. The molecule has 1 amide bonds. The Bertz CT molecular complexity index is 248. The van der Waals surface area contributed by atoms with E-state index in [0.29, 0.717) is 11.4 Å². The van der Waals surface area contributed by atoms with Gasteiger partial charge < -0.3 is 10.6 Å². The number of hydrogen-bond acceptors (Lipinski definition) is 4. The van der Waals surface area contributed by atoms with Crippen LogP contribution in [-0.4, -0.2) is 31.0 Å². The number of carbonyl (C=O) groups excluding carboxylic acids is 1. The van der Waals surface area contributed by atoms with E-state index in [9.17, 15) is 4.79 Å². The van der Waals surface area contributed by atoms with E-state index in [-0.39, 0.29) is 5.91 Å². The molecule has 0 atom stereocenters. The molecule has 1 heterocycles. The molecule has 1 aromatic rings. The molecule has 4 nitrogen and oxygen atoms in total. The molecule has 2 N–H and O–H groups in total. The summed E-state index contributed by atoms with van der Waals surface area (Å²) in [6.07, 6.45) is 2.53. The Morgan fingerprint density at radius 2 is 2.46 bits per heavy atom. The van der Waals surface area contributed by atoms with E-state index < -0.39 is 0 Å². The zero-order valence-corrected chi connectivity index (χ0v) is 8.36. The number of amides is 1. The normalized spacial score (nSPS) is 9.92. The molecular formula is C8H13N3OS. The topological polar surface area (TPSA) is 54.0 Å². The van der Waals surface area contributed by atoms with Crippen molar-refractivity contribution in [1.29, 1.82) is 0 Å². The van der Waals surface area contributed by atoms with Crippen LogP contribution in [-0.2, 0) is 0 Å². The predicted octanol–water partition coefficient (Wildman–Crippen LogP) is 0.482. The largest absolute Gasteiger partial charge is 0.351 e. The van der Waals surface area contributed by atoms with Crippen LogP contribution in [0.2, 0.25) is 0 Å². The van der Waals surface area contributed by atoms with Crippen molar-refractivity contribution in [1.82, 2.24) is 15.6 Å². The van der Waals surface area contributed by atoms with Crippen molar-refractivity contribution in [3.8, 4) is 0 Å². The van der Waals surface area contributed by atoms with Crippen LogP contribution in [0, 0.1) is 0 Å². The maximum Gasteiger partial charge on any atom is 0.262 e. The lowest BCUT2D eigenvalue weighted by Gasteiger charge is -2.01. The highest BCUT2D eigenvalue weighted by Gasteiger charge is 2.04. The molecule has 0 aliphatic rings. The number of rotatable bonds is 5. The van der Waals surface area contributed by atoms with Gasteiger partial charge in [-0.2, -0.15) is 0 Å². The monoisotopic (exact) mass is 199 g/mol. The molecule has 0 radical (unpaired) electrons. The maximum absolute atomic E-state index is 11.3. The van der Waals surface area contributed by atoms with Crippen LogP contribution in [0.15, 0.2) is 11.7 Å². The van der Waals surface area contributed by atoms with Crippen molar-refractivity contribution in [2.24, 2.45) is 0 Å². The molecule has 5 heteroatoms. The second-order valence-corrected chi connectivity index (χ2v) is 3.47. The van der Waals surface area contributed by atoms with E-state index in [2.05, 4.69) is 15.6 Å². The first-order chi connectivity index (χ1) is 6.34. The first-order valence-corrected chi connectivity index (χ1v) is 5.04. The van der Waals surface area contributed by atoms with Crippen LogP contribution >= 0.6 is 11.3 Å². The summed E-state index contributed by atoms with van der Waals surface area (Å²) < 4.78 is 0. The van der Waals surface area contributed by atoms with E-state index >= 15 is 0 Å². The quantitative estimate of drug-likeness (QED) is 0.678. The Morgan fingerprint density at radius 3 is 3.08 bits per heavy atom. The number of aromatic nitrogens is 1. The highest BCUT2D eigenvalue weighted by molar-refractivity contribution is 7.11. The molecule has 0 spiro atoms. The number of carbonyl (C=O) groups is 1. The molecule has 0 aromatic carbocycles. The molecule has 0 saturated heterocycles. The van der Waals surface area contributed by atoms with Crippen molar-refractivity contribution in [2.75, 3.05) is 20.1 Å². The maximum atomic E-state index is 11.3. The van der Waals surface area contributed by atoms with Crippen LogP contribution in [0.4, 0.5) is 0 Å². The second kappa shape index (κ2) is 5.66. The Balaban J connectivity index is 2.19. The summed E-state index contributed by atoms with van der Waals surface area (Å²) in [7, 11) is 1.89. The zero-order chi connectivity index (χ0) is 9.52. The van der Waals surface area contributed by atoms with E-state index in [0.717, 1.165) is 13.0 Å². The van der Waals surface area contributed by atoms with Gasteiger partial charge in [0.25, 0.3) is 5.91 Å². The average molecular weight is 199 g/mol. The van der Waals surface area contributed by atoms with Gasteiger partial charge in [0.2, 0.25) is 0 Å². The number of nitrogens with one attached hydrogen (secondary N) is 2. The third-order valence-corrected chi connectivity index (χ3v) is 2.32. The minimum atomic E-state index is -0.0291. The van der Waals surface area contributed by atoms with E-state index in [1.807, 2.05) is 7.05 Å². The summed E-state index contributed by atoms with van der Waals surface area (Å²) in [6, 6.07) is 0. The Kier molecular flexibility index (Phi) is 4.42. The Morgan fingerprint density at radius 1 is 1.62 bits per heavy atom. The standard InChI is InChI=1S/C8H13N3OS/c1-9-3-2-4-11-8(12)7-5-10-6-13-7/h5-6,9H,2-4H2,1H3,(H,11,12). The fraction of sp³-hybridized carbons (Fsp3) is 0.500. The molecule has 0 aliphatic carbocycles. The first kappa shape index (κ1) is 10.1. The summed E-state index contributed by atoms with van der Waals surface area (Å²) in [4.78, 5) is 15.8. The third-order valence-electron chi connectivity index (χ3n) is 1.55. The predicted molar refractivity (Wildman–Crippen MR) is 53.0 cm³/mol. The highest BCUT2D eigenvalue weighted by atomic mass is 32.1. The van der Waals surface area contributed by atoms with Gasteiger partial charge >= 0.3 is 0 Å². The summed E-state index contributed by atoms with van der Waals surface area (Å²) in [5.41, 5.74) is 1.66. The van der Waals surface area contributed by atoms with Gasteiger partial charge in [-0.05, 0) is 20.0 Å². The molecule has 0 fully saturated rings. The van der Waals surface area contributed by atoms with E-state index in [1.165, 1.54) is 11.3 Å². The zero-order valence-electron chi connectivity index (χ0n) is 7.54. The molecule has 0 bridgehead atoms. The number of nitrogens with zero attached hydrogens (tertiary/aromatic N) is 1. The van der Waals surface area contributed by atoms with Crippen molar-refractivity contribution in [2.45, 2.75) is 6.42 Å². The molecule has 72 valence electrons. The lowest BCUT2D eigenvalue weighted by atomic mass is 10.4. The van der Waals surface area contributed by atoms with E-state index in [4.69, 9.17) is 0 Å². The fourth-order valence-corrected chi connectivity index (χ4v) is 1.42. The smallest absolute Gasteiger partial charge is 0.262 e. The van der Waals surface area contributed by atoms with Crippen molar-refractivity contribution < 1.29 is 4.79 Å². The minimum absolute atomic E-state index is 0.0291. The van der Waals surface area contributed by atoms with Crippen molar-refractivity contribution in [3.05, 3.63) is 16.6 Å². The van der Waals surface area contributed by atoms with Gasteiger partial charge in [-0.25, -0.2) is 0 Å². The Labute approximate surface area is 81.4 Å². The summed E-state index contributed by atoms with van der Waals surface area (Å²) >= 11 is 1.36. The van der Waals surface area contributed by atoms with Gasteiger partial charge in [-0.1, -0.05) is 0 Å². The fourth-order valence-electron chi connectivity index (χ4n) is 0.882. The lowest BCUT2D eigenvalue weighted by molar-refractivity contribution is 0.0957. The van der Waals surface area contributed by atoms with Gasteiger partial charge in [0, 0.05) is 6.54 Å². The molecule has 0 aliphatic heterocycles. The summed E-state index contributed by atoms with van der Waals surface area (Å²) in [5, 5.41) is 5.83. The summed E-state index contributed by atoms with van der Waals surface area (Å²) in [6.45, 7) is 1.63. The highest BCUT2D eigenvalue weighted by Crippen LogP contribution is 2.04. The van der Waals surface area contributed by atoms with Crippen LogP contribution in [0.25, 0.3) is 0 Å². The van der Waals surface area contributed by atoms with Gasteiger partial charge in [0.15, 0.2) is 0 Å². The van der Waals surface area contributed by atoms with Crippen molar-refractivity contribution >= 4 is 17.2 Å². The van der Waals surface area contributed by atoms with Gasteiger partial charge in [-0.3, -0.25) is 9.78 Å². The van der Waals surface area contributed by atoms with Gasteiger partial charge in [-0.15, -0.1) is 11.3 Å². The van der Waals surface area contributed by atoms with Gasteiger partial charge in [0.05, 0.1) is 11.7 Å². The number of thiazole rings is 1. The summed E-state index contributed by atoms with van der Waals surface area (Å²) in [5.74, 6) is -0.0291. The van der Waals surface area contributed by atoms with Crippen LogP contribution in [0.3, 0.4) is 0 Å². The van der Waals surface area contributed by atoms with Crippen LogP contribution in [0.1, 0.15) is 16.1 Å². The molecule has 1 rings (SSSR count). The molecule has 1 aromatic heterocycles. The van der Waals surface area contributed by atoms with Gasteiger partial charge in [0.1, 0.15) is 4.88 Å². The van der Waals surface area contributed by atoms with Crippen LogP contribution in [0.5, 0.6) is 0 Å². The third kappa shape index (κ3) is 3.52. The number of hydrogen-bond donors (Lipinski definition) is 2. The minimum Gasteiger partial charge on any atom is -0.351 e. The van der Waals surface area contributed by atoms with E-state index in [1.54, 1.807) is 11.7 Å².